The van der Waals surface area contributed by atoms with Gasteiger partial charge in [0.2, 0.25) is 0 Å². The van der Waals surface area contributed by atoms with E-state index in [1.807, 2.05) is 0 Å². The molecule has 2 N–H and O–H groups in total. The van der Waals surface area contributed by atoms with Crippen molar-refractivity contribution in [2.45, 2.75) is 6.42 Å². The molecule has 0 aliphatic heterocycles. The minimum Gasteiger partial charge on any atom is -0.381 e. The summed E-state index contributed by atoms with van der Waals surface area (Å²) in [5, 5.41) is 1.13. The molecule has 0 aliphatic rings. The number of aromatic nitrogens is 2. The summed E-state index contributed by atoms with van der Waals surface area (Å²) in [4.78, 5) is 7.76. The zero-order valence-electron chi connectivity index (χ0n) is 6.72. The molecule has 3 nitrogen and oxygen atoms in total. The fourth-order valence-corrected chi connectivity index (χ4v) is 0.994. The lowest BCUT2D eigenvalue weighted by Gasteiger charge is -1.95. The van der Waals surface area contributed by atoms with Gasteiger partial charge in [-0.1, -0.05) is 33.5 Å². The summed E-state index contributed by atoms with van der Waals surface area (Å²) in [6.07, 6.45) is 2.14. The van der Waals surface area contributed by atoms with Crippen LogP contribution in [-0.2, 0) is 0 Å². The van der Waals surface area contributed by atoms with Gasteiger partial charge in [0, 0.05) is 11.8 Å². The lowest BCUT2D eigenvalue weighted by atomic mass is 10.4. The lowest BCUT2D eigenvalue weighted by molar-refractivity contribution is 1.18. The number of hydrogen-bond acceptors (Lipinski definition) is 3. The third-order valence-corrected chi connectivity index (χ3v) is 1.78. The van der Waals surface area contributed by atoms with Gasteiger partial charge in [0.05, 0.1) is 6.20 Å². The molecule has 0 bridgehead atoms. The number of halogens is 2. The van der Waals surface area contributed by atoms with E-state index < -0.39 is 0 Å². The predicted molar refractivity (Wildman–Crippen MR) is 56.7 cm³/mol. The van der Waals surface area contributed by atoms with Crippen molar-refractivity contribution < 1.29 is 0 Å². The molecule has 0 fully saturated rings. The summed E-state index contributed by atoms with van der Waals surface area (Å²) in [5.74, 6) is 5.98. The van der Waals surface area contributed by atoms with Crippen molar-refractivity contribution in [3.05, 3.63) is 17.0 Å². The Morgan fingerprint density at radius 3 is 3.08 bits per heavy atom. The topological polar surface area (TPSA) is 51.8 Å². The number of hydrogen-bond donors (Lipinski definition) is 1. The third kappa shape index (κ3) is 3.21. The fourth-order valence-electron chi connectivity index (χ4n) is 0.662. The summed E-state index contributed by atoms with van der Waals surface area (Å²) in [7, 11) is 0. The number of nitrogens with zero attached hydrogens (tertiary/aromatic N) is 2. The molecule has 0 saturated carbocycles. The first kappa shape index (κ1) is 10.3. The van der Waals surface area contributed by atoms with Gasteiger partial charge in [0.25, 0.3) is 0 Å². The van der Waals surface area contributed by atoms with Crippen LogP contribution in [0.3, 0.4) is 0 Å². The zero-order valence-corrected chi connectivity index (χ0v) is 9.06. The molecule has 0 radical (unpaired) electrons. The molecule has 68 valence electrons. The van der Waals surface area contributed by atoms with E-state index in [1.54, 1.807) is 0 Å². The number of nitrogen functional groups attached to an aromatic ring is 1. The van der Waals surface area contributed by atoms with Gasteiger partial charge in [-0.05, 0) is 5.92 Å². The largest absolute Gasteiger partial charge is 0.381 e. The van der Waals surface area contributed by atoms with Crippen molar-refractivity contribution in [3.8, 4) is 11.8 Å². The van der Waals surface area contributed by atoms with E-state index in [9.17, 15) is 0 Å². The van der Waals surface area contributed by atoms with E-state index in [1.165, 1.54) is 6.20 Å². The molecule has 0 spiro atoms. The molecule has 1 aromatic heterocycles. The van der Waals surface area contributed by atoms with Gasteiger partial charge in [-0.3, -0.25) is 0 Å². The first-order chi connectivity index (χ1) is 6.24. The van der Waals surface area contributed by atoms with Crippen LogP contribution in [0.5, 0.6) is 0 Å². The number of nitrogens with two attached hydrogens (primary N) is 1. The van der Waals surface area contributed by atoms with Crippen LogP contribution in [0.2, 0.25) is 5.15 Å². The molecule has 0 saturated heterocycles. The monoisotopic (exact) mass is 259 g/mol. The standard InChI is InChI=1S/C8H7BrClN3/c9-4-2-1-3-6-8(11)12-5-7(10)13-6/h5H,2,4H2,(H2,11,12). The second-order valence-corrected chi connectivity index (χ2v) is 3.35. The van der Waals surface area contributed by atoms with Gasteiger partial charge in [-0.15, -0.1) is 0 Å². The van der Waals surface area contributed by atoms with Crippen LogP contribution in [0.25, 0.3) is 0 Å². The molecule has 0 amide bonds. The molecule has 5 heteroatoms. The summed E-state index contributed by atoms with van der Waals surface area (Å²) in [6.45, 7) is 0. The van der Waals surface area contributed by atoms with E-state index in [2.05, 4.69) is 37.7 Å². The van der Waals surface area contributed by atoms with Gasteiger partial charge in [0.15, 0.2) is 11.5 Å². The van der Waals surface area contributed by atoms with Gasteiger partial charge in [-0.25, -0.2) is 9.97 Å². The molecule has 0 aliphatic carbocycles. The Labute approximate surface area is 89.8 Å². The number of alkyl halides is 1. The summed E-state index contributed by atoms with van der Waals surface area (Å²) in [5.41, 5.74) is 5.96. The molecule has 1 aromatic rings. The Kier molecular flexibility index (Phi) is 4.00. The van der Waals surface area contributed by atoms with Crippen molar-refractivity contribution in [3.63, 3.8) is 0 Å². The summed E-state index contributed by atoms with van der Waals surface area (Å²) in [6, 6.07) is 0. The van der Waals surface area contributed by atoms with Crippen LogP contribution >= 0.6 is 27.5 Å². The van der Waals surface area contributed by atoms with E-state index in [0.717, 1.165) is 11.8 Å². The normalized spacial score (nSPS) is 9.08. The Balaban J connectivity index is 2.89. The van der Waals surface area contributed by atoms with Crippen LogP contribution in [0.1, 0.15) is 12.1 Å². The molecular weight excluding hydrogens is 253 g/mol. The van der Waals surface area contributed by atoms with Crippen LogP contribution < -0.4 is 5.73 Å². The predicted octanol–water partition coefficient (Wildman–Crippen LogP) is 1.85. The summed E-state index contributed by atoms with van der Waals surface area (Å²) >= 11 is 8.88. The highest BCUT2D eigenvalue weighted by Crippen LogP contribution is 2.08. The highest BCUT2D eigenvalue weighted by molar-refractivity contribution is 9.09. The number of anilines is 1. The van der Waals surface area contributed by atoms with Gasteiger partial charge in [0.1, 0.15) is 5.15 Å². The van der Waals surface area contributed by atoms with Crippen molar-refractivity contribution in [2.24, 2.45) is 0 Å². The third-order valence-electron chi connectivity index (χ3n) is 1.20. The summed E-state index contributed by atoms with van der Waals surface area (Å²) < 4.78 is 0. The lowest BCUT2D eigenvalue weighted by Crippen LogP contribution is -1.97. The minimum absolute atomic E-state index is 0.303. The Morgan fingerprint density at radius 2 is 2.38 bits per heavy atom. The van der Waals surface area contributed by atoms with Crippen molar-refractivity contribution in [1.29, 1.82) is 0 Å². The molecule has 0 unspecified atom stereocenters. The Morgan fingerprint density at radius 1 is 1.62 bits per heavy atom. The van der Waals surface area contributed by atoms with Gasteiger partial charge >= 0.3 is 0 Å². The SMILES string of the molecule is Nc1ncc(Cl)nc1C#CCCBr. The smallest absolute Gasteiger partial charge is 0.158 e. The highest BCUT2D eigenvalue weighted by atomic mass is 79.9. The maximum absolute atomic E-state index is 5.62. The first-order valence-electron chi connectivity index (χ1n) is 3.57. The van der Waals surface area contributed by atoms with Crippen LogP contribution in [-0.4, -0.2) is 15.3 Å². The molecule has 1 heterocycles. The highest BCUT2D eigenvalue weighted by Gasteiger charge is 1.98. The van der Waals surface area contributed by atoms with Crippen molar-refractivity contribution >= 4 is 33.3 Å². The second kappa shape index (κ2) is 5.05. The average molecular weight is 261 g/mol. The fraction of sp³-hybridized carbons (Fsp3) is 0.250. The van der Waals surface area contributed by atoms with Crippen LogP contribution in [0.4, 0.5) is 5.82 Å². The minimum atomic E-state index is 0.303. The Bertz CT molecular complexity index is 356. The average Bonchev–Trinajstić information content (AvgIpc) is 2.11. The number of rotatable bonds is 1. The molecule has 0 atom stereocenters. The maximum Gasteiger partial charge on any atom is 0.158 e. The van der Waals surface area contributed by atoms with Crippen LogP contribution in [0, 0.1) is 11.8 Å². The maximum atomic E-state index is 5.62. The van der Waals surface area contributed by atoms with Gasteiger partial charge < -0.3 is 5.73 Å². The van der Waals surface area contributed by atoms with Crippen molar-refractivity contribution in [2.75, 3.05) is 11.1 Å². The molecule has 0 aromatic carbocycles. The first-order valence-corrected chi connectivity index (χ1v) is 5.07. The van der Waals surface area contributed by atoms with E-state index in [-0.39, 0.29) is 0 Å². The molecule has 13 heavy (non-hydrogen) atoms. The van der Waals surface area contributed by atoms with Crippen LogP contribution in [0.15, 0.2) is 6.20 Å². The van der Waals surface area contributed by atoms with E-state index in [4.69, 9.17) is 17.3 Å². The van der Waals surface area contributed by atoms with E-state index >= 15 is 0 Å². The quantitative estimate of drug-likeness (QED) is 0.619. The zero-order chi connectivity index (χ0) is 9.68. The van der Waals surface area contributed by atoms with Gasteiger partial charge in [-0.2, -0.15) is 0 Å². The Hall–Kier alpha value is -0.790. The van der Waals surface area contributed by atoms with E-state index in [0.29, 0.717) is 16.7 Å². The molecule has 1 rings (SSSR count). The molecular formula is C8H7BrClN3. The second-order valence-electron chi connectivity index (χ2n) is 2.17. The van der Waals surface area contributed by atoms with Crippen molar-refractivity contribution in [1.82, 2.24) is 9.97 Å².